The van der Waals surface area contributed by atoms with E-state index in [0.29, 0.717) is 55.2 Å². The van der Waals surface area contributed by atoms with Crippen LogP contribution in [0.1, 0.15) is 41.2 Å². The summed E-state index contributed by atoms with van der Waals surface area (Å²) < 4.78 is 43.1. The molecule has 1 aromatic carbocycles. The third-order valence-corrected chi connectivity index (χ3v) is 7.34. The van der Waals surface area contributed by atoms with Gasteiger partial charge in [0.15, 0.2) is 0 Å². The first-order valence-electron chi connectivity index (χ1n) is 13.7. The van der Waals surface area contributed by atoms with Gasteiger partial charge in [-0.2, -0.15) is 0 Å². The van der Waals surface area contributed by atoms with Crippen molar-refractivity contribution in [2.45, 2.75) is 38.0 Å². The number of aliphatic hydroxyl groups excluding tert-OH is 2. The van der Waals surface area contributed by atoms with Gasteiger partial charge in [-0.05, 0) is 37.1 Å². The van der Waals surface area contributed by atoms with Crippen molar-refractivity contribution in [1.82, 2.24) is 9.97 Å². The Kier molecular flexibility index (Phi) is 10.2. The van der Waals surface area contributed by atoms with E-state index in [4.69, 9.17) is 15.9 Å². The van der Waals surface area contributed by atoms with Crippen LogP contribution in [0.15, 0.2) is 48.7 Å². The molecule has 3 heterocycles. The van der Waals surface area contributed by atoms with Crippen LogP contribution in [0.5, 0.6) is 0 Å². The van der Waals surface area contributed by atoms with Gasteiger partial charge in [-0.1, -0.05) is 13.0 Å². The fourth-order valence-electron chi connectivity index (χ4n) is 5.26. The number of carbonyl (C=O) groups is 3. The van der Waals surface area contributed by atoms with E-state index in [1.54, 1.807) is 0 Å². The zero-order chi connectivity index (χ0) is 33.0. The molecule has 1 saturated heterocycles. The summed E-state index contributed by atoms with van der Waals surface area (Å²) in [5.74, 6) is -6.41. The Morgan fingerprint density at radius 2 is 1.64 bits per heavy atom. The van der Waals surface area contributed by atoms with Gasteiger partial charge >= 0.3 is 11.9 Å². The number of nitrogens with zero attached hydrogens (tertiary/aromatic N) is 3. The molecule has 0 bridgehead atoms. The normalized spacial score (nSPS) is 20.7. The Labute approximate surface area is 254 Å². The maximum atomic E-state index is 14.5. The van der Waals surface area contributed by atoms with E-state index in [9.17, 15) is 37.8 Å². The van der Waals surface area contributed by atoms with Crippen LogP contribution < -0.4 is 16.0 Å². The number of amides is 1. The number of carboxylic acid groups (broad SMARTS) is 2. The van der Waals surface area contributed by atoms with Crippen molar-refractivity contribution >= 4 is 29.2 Å². The minimum absolute atomic E-state index is 0.153. The molecule has 2 aliphatic rings. The van der Waals surface area contributed by atoms with Gasteiger partial charge in [0.25, 0.3) is 5.91 Å². The summed E-state index contributed by atoms with van der Waals surface area (Å²) in [6, 6.07) is 4.61. The van der Waals surface area contributed by atoms with Crippen LogP contribution in [0, 0.1) is 23.4 Å². The van der Waals surface area contributed by atoms with E-state index in [1.165, 1.54) is 6.20 Å². The second-order valence-corrected chi connectivity index (χ2v) is 10.6. The number of hydrogen-bond donors (Lipinski definition) is 6. The first-order chi connectivity index (χ1) is 21.3. The van der Waals surface area contributed by atoms with Crippen LogP contribution in [0.2, 0.25) is 0 Å². The molecule has 5 rings (SSSR count). The molecule has 0 saturated carbocycles. The minimum Gasteiger partial charge on any atom is -0.478 e. The van der Waals surface area contributed by atoms with Crippen molar-refractivity contribution in [2.24, 2.45) is 11.7 Å². The van der Waals surface area contributed by atoms with Crippen molar-refractivity contribution in [2.75, 3.05) is 23.3 Å². The van der Waals surface area contributed by atoms with Crippen LogP contribution in [0.4, 0.5) is 24.5 Å². The molecule has 3 aromatic rings. The number of nitrogens with one attached hydrogen (secondary N) is 1. The molecule has 7 N–H and O–H groups in total. The molecule has 1 amide bonds. The molecular weight excluding hydrogens is 599 g/mol. The number of benzene rings is 1. The van der Waals surface area contributed by atoms with Crippen molar-refractivity contribution < 1.29 is 48.0 Å². The number of nitrogens with two attached hydrogens (primary N) is 1. The highest BCUT2D eigenvalue weighted by molar-refractivity contribution is 6.05. The van der Waals surface area contributed by atoms with E-state index < -0.39 is 64.8 Å². The summed E-state index contributed by atoms with van der Waals surface area (Å²) in [7, 11) is 0. The van der Waals surface area contributed by atoms with Gasteiger partial charge in [-0.3, -0.25) is 9.78 Å². The number of aliphatic carboxylic acids is 2. The molecular formula is C30H30F3N5O7. The lowest BCUT2D eigenvalue weighted by atomic mass is 9.92. The Morgan fingerprint density at radius 1 is 1.00 bits per heavy atom. The van der Waals surface area contributed by atoms with E-state index in [2.05, 4.69) is 15.3 Å². The van der Waals surface area contributed by atoms with Gasteiger partial charge in [0.1, 0.15) is 28.8 Å². The molecule has 1 aliphatic carbocycles. The maximum absolute atomic E-state index is 14.5. The van der Waals surface area contributed by atoms with E-state index in [0.717, 1.165) is 35.9 Å². The van der Waals surface area contributed by atoms with Crippen LogP contribution in [0.25, 0.3) is 11.3 Å². The number of halogens is 3. The molecule has 0 unspecified atom stereocenters. The monoisotopic (exact) mass is 629 g/mol. The third-order valence-electron chi connectivity index (χ3n) is 7.34. The van der Waals surface area contributed by atoms with E-state index >= 15 is 0 Å². The number of rotatable bonds is 6. The number of aromatic nitrogens is 2. The molecule has 0 radical (unpaired) electrons. The van der Waals surface area contributed by atoms with E-state index in [1.807, 2.05) is 11.8 Å². The molecule has 12 nitrogen and oxygen atoms in total. The summed E-state index contributed by atoms with van der Waals surface area (Å²) in [6.07, 6.45) is 2.11. The lowest BCUT2D eigenvalue weighted by Crippen LogP contribution is -2.56. The number of fused-ring (bicyclic) bond motifs is 1. The Bertz CT molecular complexity index is 1610. The topological polar surface area (TPSA) is 199 Å². The van der Waals surface area contributed by atoms with Crippen molar-refractivity contribution in [1.29, 1.82) is 0 Å². The lowest BCUT2D eigenvalue weighted by Gasteiger charge is -2.41. The fraction of sp³-hybridized carbons (Fsp3) is 0.300. The van der Waals surface area contributed by atoms with Gasteiger partial charge < -0.3 is 36.4 Å². The Hall–Kier alpha value is -4.86. The first-order valence-corrected chi connectivity index (χ1v) is 13.7. The molecule has 4 atom stereocenters. The summed E-state index contributed by atoms with van der Waals surface area (Å²) in [5, 5.41) is 39.1. The molecule has 2 aromatic heterocycles. The highest BCUT2D eigenvalue weighted by Gasteiger charge is 2.36. The summed E-state index contributed by atoms with van der Waals surface area (Å²) >= 11 is 0. The summed E-state index contributed by atoms with van der Waals surface area (Å²) in [6.45, 7) is 2.64. The van der Waals surface area contributed by atoms with Gasteiger partial charge in [-0.25, -0.2) is 27.7 Å². The van der Waals surface area contributed by atoms with Crippen molar-refractivity contribution in [3.8, 4) is 11.3 Å². The van der Waals surface area contributed by atoms with Crippen LogP contribution >= 0.6 is 0 Å². The number of hydrogen-bond acceptors (Lipinski definition) is 9. The molecule has 238 valence electrons. The lowest BCUT2D eigenvalue weighted by molar-refractivity contribution is -0.134. The van der Waals surface area contributed by atoms with Crippen LogP contribution in [-0.4, -0.2) is 73.5 Å². The zero-order valence-corrected chi connectivity index (χ0v) is 23.8. The number of carbonyl (C=O) groups excluding carboxylic acids is 1. The molecule has 45 heavy (non-hydrogen) atoms. The minimum atomic E-state index is -1.26. The van der Waals surface area contributed by atoms with Crippen molar-refractivity contribution in [3.05, 3.63) is 83.1 Å². The van der Waals surface area contributed by atoms with Gasteiger partial charge in [-0.15, -0.1) is 0 Å². The van der Waals surface area contributed by atoms with Crippen molar-refractivity contribution in [3.63, 3.8) is 0 Å². The number of aliphatic hydroxyl groups is 2. The maximum Gasteiger partial charge on any atom is 0.328 e. The molecule has 0 spiro atoms. The second kappa shape index (κ2) is 13.8. The molecule has 1 fully saturated rings. The SMILES string of the molecule is C[C@H]1CN(c2c(NC(=O)c3ccc(F)c(-c4c(F)cccc4F)n3)cnc3c2CC[C@H]3O)C[C@@H](N)[C@@H]1O.O=C(O)C=CC(=O)O. The number of carboxylic acids is 2. The zero-order valence-electron chi connectivity index (χ0n) is 23.8. The molecule has 15 heteroatoms. The first kappa shape index (κ1) is 33.0. The van der Waals surface area contributed by atoms with Gasteiger partial charge in [0, 0.05) is 42.8 Å². The Balaban J connectivity index is 0.000000510. The standard InChI is InChI=1S/C26H26F3N5O3.C4H4O4/c1-12-10-34(11-17(30)25(12)36)24-13-5-8-20(35)22(13)31-9-19(24)33-26(37)18-7-6-16(29)23(32-18)21-14(27)3-2-4-15(21)28;5-3(6)1-2-4(7)8/h2-4,6-7,9,12,17,20,25,35-36H,5,8,10-11,30H2,1H3,(H,33,37);1-2H,(H,5,6)(H,7,8)/t12-,17+,20+,25+;/m0./s1. The van der Waals surface area contributed by atoms with Gasteiger partial charge in [0.05, 0.1) is 41.0 Å². The Morgan fingerprint density at radius 3 is 2.24 bits per heavy atom. The number of anilines is 2. The smallest absolute Gasteiger partial charge is 0.328 e. The molecule has 1 aliphatic heterocycles. The highest BCUT2D eigenvalue weighted by Crippen LogP contribution is 2.41. The van der Waals surface area contributed by atoms with E-state index in [-0.39, 0.29) is 11.6 Å². The fourth-order valence-corrected chi connectivity index (χ4v) is 5.26. The van der Waals surface area contributed by atoms with Crippen LogP contribution in [0.3, 0.4) is 0 Å². The average molecular weight is 630 g/mol. The van der Waals surface area contributed by atoms with Crippen LogP contribution in [-0.2, 0) is 16.0 Å². The summed E-state index contributed by atoms with van der Waals surface area (Å²) in [5.41, 5.74) is 6.85. The predicted molar refractivity (Wildman–Crippen MR) is 155 cm³/mol. The second-order valence-electron chi connectivity index (χ2n) is 10.6. The number of pyridine rings is 2. The van der Waals surface area contributed by atoms with Gasteiger partial charge in [0.2, 0.25) is 0 Å². The third kappa shape index (κ3) is 7.45. The summed E-state index contributed by atoms with van der Waals surface area (Å²) in [4.78, 5) is 42.5. The number of piperidine rings is 1. The quantitative estimate of drug-likeness (QED) is 0.219. The predicted octanol–water partition coefficient (Wildman–Crippen LogP) is 2.65. The highest BCUT2D eigenvalue weighted by atomic mass is 19.1. The largest absolute Gasteiger partial charge is 0.478 e. The average Bonchev–Trinajstić information content (AvgIpc) is 3.35.